The van der Waals surface area contributed by atoms with E-state index in [1.165, 1.54) is 37.7 Å². The van der Waals surface area contributed by atoms with Crippen molar-refractivity contribution in [2.75, 3.05) is 0 Å². The van der Waals surface area contributed by atoms with Gasteiger partial charge in [-0.25, -0.2) is 0 Å². The second-order valence-electron chi connectivity index (χ2n) is 2.97. The third-order valence-electron chi connectivity index (χ3n) is 1.75. The molecule has 0 aliphatic rings. The molecule has 0 unspecified atom stereocenters. The summed E-state index contributed by atoms with van der Waals surface area (Å²) >= 11 is 0. The van der Waals surface area contributed by atoms with Gasteiger partial charge in [0.25, 0.3) is 0 Å². The topological polar surface area (TPSA) is 0 Å². The molecule has 0 atom stereocenters. The fourth-order valence-corrected chi connectivity index (χ4v) is 1.10. The van der Waals surface area contributed by atoms with Gasteiger partial charge in [-0.15, -0.1) is 0 Å². The zero-order chi connectivity index (χ0) is 8.53. The number of hydrogen-bond acceptors (Lipinski definition) is 0. The van der Waals surface area contributed by atoms with Crippen molar-refractivity contribution in [2.24, 2.45) is 0 Å². The molecule has 0 saturated heterocycles. The van der Waals surface area contributed by atoms with E-state index in [1.54, 1.807) is 0 Å². The highest BCUT2D eigenvalue weighted by Gasteiger charge is 1.89. The summed E-state index contributed by atoms with van der Waals surface area (Å²) in [5.74, 6) is 0. The molecular weight excluding hydrogens is 132 g/mol. The first-order valence-electron chi connectivity index (χ1n) is 4.61. The number of unbranched alkanes of at least 4 members (excludes halogenated alkanes) is 3. The molecule has 0 spiro atoms. The van der Waals surface area contributed by atoms with Crippen molar-refractivity contribution < 1.29 is 0 Å². The van der Waals surface area contributed by atoms with Crippen molar-refractivity contribution in [3.8, 4) is 0 Å². The average Bonchev–Trinajstić information content (AvgIpc) is 1.99. The first kappa shape index (κ1) is 10.5. The summed E-state index contributed by atoms with van der Waals surface area (Å²) in [5.41, 5.74) is 1.27. The number of rotatable bonds is 6. The zero-order valence-electron chi connectivity index (χ0n) is 7.90. The van der Waals surface area contributed by atoms with Gasteiger partial charge in [0.05, 0.1) is 0 Å². The first-order chi connectivity index (χ1) is 5.31. The average molecular weight is 152 g/mol. The lowest BCUT2D eigenvalue weighted by Gasteiger charge is -1.98. The van der Waals surface area contributed by atoms with Crippen LogP contribution in [-0.4, -0.2) is 0 Å². The molecule has 0 heteroatoms. The number of allylic oxidation sites excluding steroid dienone is 3. The highest BCUT2D eigenvalue weighted by Crippen LogP contribution is 2.08. The van der Waals surface area contributed by atoms with E-state index in [-0.39, 0.29) is 0 Å². The van der Waals surface area contributed by atoms with Crippen LogP contribution in [0.3, 0.4) is 0 Å². The standard InChI is InChI=1S/C11H20/c1-4-6-7-8-10-11(3)9-5-2/h5,9H,3-4,6-8,10H2,1-2H3/b9-5+. The second kappa shape index (κ2) is 7.59. The minimum absolute atomic E-state index is 1.17. The molecule has 0 aliphatic heterocycles. The molecule has 0 N–H and O–H groups in total. The summed E-state index contributed by atoms with van der Waals surface area (Å²) in [6.45, 7) is 8.23. The first-order valence-corrected chi connectivity index (χ1v) is 4.61. The Morgan fingerprint density at radius 2 is 2.00 bits per heavy atom. The van der Waals surface area contributed by atoms with Gasteiger partial charge in [-0.05, 0) is 19.8 Å². The summed E-state index contributed by atoms with van der Waals surface area (Å²) in [6, 6.07) is 0. The monoisotopic (exact) mass is 152 g/mol. The largest absolute Gasteiger partial charge is 0.0958 e. The van der Waals surface area contributed by atoms with Crippen molar-refractivity contribution in [2.45, 2.75) is 46.0 Å². The Balaban J connectivity index is 3.17. The highest BCUT2D eigenvalue weighted by molar-refractivity contribution is 5.12. The molecule has 0 aromatic carbocycles. The van der Waals surface area contributed by atoms with E-state index in [0.29, 0.717) is 0 Å². The Bertz CT molecular complexity index is 120. The van der Waals surface area contributed by atoms with Crippen molar-refractivity contribution in [1.82, 2.24) is 0 Å². The lowest BCUT2D eigenvalue weighted by molar-refractivity contribution is 0.668. The van der Waals surface area contributed by atoms with E-state index in [9.17, 15) is 0 Å². The van der Waals surface area contributed by atoms with Crippen LogP contribution in [0, 0.1) is 0 Å². The SMILES string of the molecule is C=C(/C=C/C)CCCCCC. The maximum Gasteiger partial charge on any atom is -0.0285 e. The third kappa shape index (κ3) is 7.38. The Labute approximate surface area is 71.0 Å². The lowest BCUT2D eigenvalue weighted by Crippen LogP contribution is -1.78. The lowest BCUT2D eigenvalue weighted by atomic mass is 10.1. The maximum atomic E-state index is 3.96. The predicted molar refractivity (Wildman–Crippen MR) is 52.7 cm³/mol. The maximum absolute atomic E-state index is 3.96. The van der Waals surface area contributed by atoms with Gasteiger partial charge in [0.15, 0.2) is 0 Å². The third-order valence-corrected chi connectivity index (χ3v) is 1.75. The molecule has 0 bridgehead atoms. The summed E-state index contributed by atoms with van der Waals surface area (Å²) in [6.07, 6.45) is 10.7. The van der Waals surface area contributed by atoms with E-state index in [2.05, 4.69) is 25.7 Å². The Morgan fingerprint density at radius 1 is 1.27 bits per heavy atom. The van der Waals surface area contributed by atoms with Crippen LogP contribution in [0.25, 0.3) is 0 Å². The van der Waals surface area contributed by atoms with Crippen LogP contribution in [0.15, 0.2) is 24.3 Å². The highest BCUT2D eigenvalue weighted by atomic mass is 13.9. The van der Waals surface area contributed by atoms with Gasteiger partial charge < -0.3 is 0 Å². The molecule has 0 aromatic rings. The van der Waals surface area contributed by atoms with Gasteiger partial charge in [-0.3, -0.25) is 0 Å². The molecule has 0 heterocycles. The normalized spacial score (nSPS) is 10.7. The van der Waals surface area contributed by atoms with E-state index in [4.69, 9.17) is 0 Å². The minimum atomic E-state index is 1.17. The molecule has 11 heavy (non-hydrogen) atoms. The fourth-order valence-electron chi connectivity index (χ4n) is 1.10. The van der Waals surface area contributed by atoms with Gasteiger partial charge >= 0.3 is 0 Å². The molecule has 0 saturated carbocycles. The van der Waals surface area contributed by atoms with Crippen molar-refractivity contribution in [1.29, 1.82) is 0 Å². The van der Waals surface area contributed by atoms with Gasteiger partial charge in [0, 0.05) is 0 Å². The van der Waals surface area contributed by atoms with Crippen LogP contribution in [0.1, 0.15) is 46.0 Å². The molecule has 0 rings (SSSR count). The van der Waals surface area contributed by atoms with E-state index in [1.807, 2.05) is 6.92 Å². The summed E-state index contributed by atoms with van der Waals surface area (Å²) in [5, 5.41) is 0. The molecule has 0 fully saturated rings. The Hall–Kier alpha value is -0.520. The molecule has 64 valence electrons. The molecule has 0 aromatic heterocycles. The fraction of sp³-hybridized carbons (Fsp3) is 0.636. The van der Waals surface area contributed by atoms with E-state index < -0.39 is 0 Å². The summed E-state index contributed by atoms with van der Waals surface area (Å²) in [4.78, 5) is 0. The molecule has 0 amide bonds. The van der Waals surface area contributed by atoms with Crippen LogP contribution in [0.2, 0.25) is 0 Å². The van der Waals surface area contributed by atoms with Crippen LogP contribution >= 0.6 is 0 Å². The minimum Gasteiger partial charge on any atom is -0.0958 e. The molecule has 0 nitrogen and oxygen atoms in total. The van der Waals surface area contributed by atoms with Crippen LogP contribution < -0.4 is 0 Å². The van der Waals surface area contributed by atoms with Crippen LogP contribution in [0.4, 0.5) is 0 Å². The summed E-state index contributed by atoms with van der Waals surface area (Å²) in [7, 11) is 0. The van der Waals surface area contributed by atoms with Crippen molar-refractivity contribution >= 4 is 0 Å². The van der Waals surface area contributed by atoms with Crippen molar-refractivity contribution in [3.05, 3.63) is 24.3 Å². The zero-order valence-corrected chi connectivity index (χ0v) is 7.90. The second-order valence-corrected chi connectivity index (χ2v) is 2.97. The molecule has 0 radical (unpaired) electrons. The van der Waals surface area contributed by atoms with Crippen molar-refractivity contribution in [3.63, 3.8) is 0 Å². The van der Waals surface area contributed by atoms with Gasteiger partial charge in [-0.2, -0.15) is 0 Å². The Morgan fingerprint density at radius 3 is 2.55 bits per heavy atom. The smallest absolute Gasteiger partial charge is 0.0285 e. The quantitative estimate of drug-likeness (QED) is 0.397. The molecular formula is C11H20. The van der Waals surface area contributed by atoms with Gasteiger partial charge in [-0.1, -0.05) is 50.5 Å². The number of hydrogen-bond donors (Lipinski definition) is 0. The predicted octanol–water partition coefficient (Wildman–Crippen LogP) is 4.09. The summed E-state index contributed by atoms with van der Waals surface area (Å²) < 4.78 is 0. The van der Waals surface area contributed by atoms with E-state index in [0.717, 1.165) is 0 Å². The molecule has 0 aliphatic carbocycles. The Kier molecular flexibility index (Phi) is 7.23. The van der Waals surface area contributed by atoms with Gasteiger partial charge in [0.2, 0.25) is 0 Å². The van der Waals surface area contributed by atoms with Crippen LogP contribution in [0.5, 0.6) is 0 Å². The van der Waals surface area contributed by atoms with Crippen LogP contribution in [-0.2, 0) is 0 Å². The van der Waals surface area contributed by atoms with E-state index >= 15 is 0 Å². The van der Waals surface area contributed by atoms with Gasteiger partial charge in [0.1, 0.15) is 0 Å².